The fourth-order valence-electron chi connectivity index (χ4n) is 1.91. The van der Waals surface area contributed by atoms with Crippen molar-refractivity contribution in [3.8, 4) is 5.75 Å². The van der Waals surface area contributed by atoms with Crippen LogP contribution in [0.1, 0.15) is 36.5 Å². The first-order chi connectivity index (χ1) is 9.06. The van der Waals surface area contributed by atoms with Crippen LogP contribution >= 0.6 is 0 Å². The molecule has 0 spiro atoms. The number of aryl methyl sites for hydroxylation is 1. The van der Waals surface area contributed by atoms with Gasteiger partial charge < -0.3 is 4.74 Å². The standard InChI is InChI=1S/C17H19FO/c1-12(2)14-5-8-17(9-6-14)19-11-15-10-16(18)7-4-13(15)3/h4-10,12H,11H2,1-3H3. The monoisotopic (exact) mass is 258 g/mol. The summed E-state index contributed by atoms with van der Waals surface area (Å²) in [6, 6.07) is 12.8. The van der Waals surface area contributed by atoms with Gasteiger partial charge in [-0.15, -0.1) is 0 Å². The van der Waals surface area contributed by atoms with Crippen molar-refractivity contribution in [3.05, 3.63) is 65.0 Å². The summed E-state index contributed by atoms with van der Waals surface area (Å²) in [6.07, 6.45) is 0. The predicted molar refractivity (Wildman–Crippen MR) is 76.0 cm³/mol. The van der Waals surface area contributed by atoms with Crippen LogP contribution in [0, 0.1) is 12.7 Å². The molecule has 0 atom stereocenters. The smallest absolute Gasteiger partial charge is 0.123 e. The molecule has 0 aliphatic carbocycles. The summed E-state index contributed by atoms with van der Waals surface area (Å²) in [6.45, 7) is 6.67. The van der Waals surface area contributed by atoms with Crippen molar-refractivity contribution in [1.29, 1.82) is 0 Å². The fraction of sp³-hybridized carbons (Fsp3) is 0.294. The Bertz CT molecular complexity index is 544. The van der Waals surface area contributed by atoms with Gasteiger partial charge in [0, 0.05) is 0 Å². The second-order valence-electron chi connectivity index (χ2n) is 5.08. The maximum absolute atomic E-state index is 13.2. The number of hydrogen-bond acceptors (Lipinski definition) is 1. The van der Waals surface area contributed by atoms with E-state index in [9.17, 15) is 4.39 Å². The van der Waals surface area contributed by atoms with Crippen molar-refractivity contribution in [1.82, 2.24) is 0 Å². The van der Waals surface area contributed by atoms with Crippen LogP contribution in [0.3, 0.4) is 0 Å². The molecular weight excluding hydrogens is 239 g/mol. The third-order valence-electron chi connectivity index (χ3n) is 3.25. The van der Waals surface area contributed by atoms with Gasteiger partial charge in [0.05, 0.1) is 0 Å². The lowest BCUT2D eigenvalue weighted by atomic mass is 10.0. The maximum atomic E-state index is 13.2. The highest BCUT2D eigenvalue weighted by Gasteiger charge is 2.03. The lowest BCUT2D eigenvalue weighted by Crippen LogP contribution is -1.99. The van der Waals surface area contributed by atoms with Crippen molar-refractivity contribution < 1.29 is 9.13 Å². The first-order valence-corrected chi connectivity index (χ1v) is 6.54. The average Bonchev–Trinajstić information content (AvgIpc) is 2.40. The highest BCUT2D eigenvalue weighted by atomic mass is 19.1. The van der Waals surface area contributed by atoms with E-state index in [1.54, 1.807) is 6.07 Å². The van der Waals surface area contributed by atoms with Crippen molar-refractivity contribution in [2.75, 3.05) is 0 Å². The summed E-state index contributed by atoms with van der Waals surface area (Å²) >= 11 is 0. The van der Waals surface area contributed by atoms with Gasteiger partial charge in [0.15, 0.2) is 0 Å². The number of hydrogen-bond donors (Lipinski definition) is 0. The van der Waals surface area contributed by atoms with Crippen LogP contribution in [-0.4, -0.2) is 0 Å². The Morgan fingerprint density at radius 3 is 2.37 bits per heavy atom. The minimum Gasteiger partial charge on any atom is -0.489 e. The van der Waals surface area contributed by atoms with Crippen molar-refractivity contribution in [2.24, 2.45) is 0 Å². The number of rotatable bonds is 4. The summed E-state index contributed by atoms with van der Waals surface area (Å²) in [5.41, 5.74) is 3.21. The average molecular weight is 258 g/mol. The van der Waals surface area contributed by atoms with E-state index in [0.29, 0.717) is 12.5 Å². The molecule has 0 heterocycles. The molecule has 0 bridgehead atoms. The van der Waals surface area contributed by atoms with Crippen LogP contribution in [0.25, 0.3) is 0 Å². The van der Waals surface area contributed by atoms with Gasteiger partial charge in [0.2, 0.25) is 0 Å². The molecule has 2 rings (SSSR count). The zero-order chi connectivity index (χ0) is 13.8. The summed E-state index contributed by atoms with van der Waals surface area (Å²) in [7, 11) is 0. The third-order valence-corrected chi connectivity index (χ3v) is 3.25. The normalized spacial score (nSPS) is 10.8. The van der Waals surface area contributed by atoms with Gasteiger partial charge in [-0.1, -0.05) is 32.0 Å². The molecule has 0 aliphatic heterocycles. The molecular formula is C17H19FO. The molecule has 100 valence electrons. The van der Waals surface area contributed by atoms with Crippen molar-refractivity contribution in [2.45, 2.75) is 33.3 Å². The zero-order valence-corrected chi connectivity index (χ0v) is 11.6. The molecule has 0 unspecified atom stereocenters. The number of halogens is 1. The SMILES string of the molecule is Cc1ccc(F)cc1COc1ccc(C(C)C)cc1. The van der Waals surface area contributed by atoms with Crippen LogP contribution in [0.15, 0.2) is 42.5 Å². The van der Waals surface area contributed by atoms with E-state index in [2.05, 4.69) is 26.0 Å². The summed E-state index contributed by atoms with van der Waals surface area (Å²) in [4.78, 5) is 0. The number of ether oxygens (including phenoxy) is 1. The third kappa shape index (κ3) is 3.57. The van der Waals surface area contributed by atoms with Gasteiger partial charge >= 0.3 is 0 Å². The molecule has 2 heteroatoms. The first-order valence-electron chi connectivity index (χ1n) is 6.54. The maximum Gasteiger partial charge on any atom is 0.123 e. The summed E-state index contributed by atoms with van der Waals surface area (Å²) in [5, 5.41) is 0. The van der Waals surface area contributed by atoms with Crippen LogP contribution in [0.5, 0.6) is 5.75 Å². The Balaban J connectivity index is 2.04. The molecule has 2 aromatic carbocycles. The summed E-state index contributed by atoms with van der Waals surface area (Å²) in [5.74, 6) is 1.10. The van der Waals surface area contributed by atoms with Crippen molar-refractivity contribution in [3.63, 3.8) is 0 Å². The van der Waals surface area contributed by atoms with Crippen molar-refractivity contribution >= 4 is 0 Å². The fourth-order valence-corrected chi connectivity index (χ4v) is 1.91. The Hall–Kier alpha value is -1.83. The van der Waals surface area contributed by atoms with E-state index < -0.39 is 0 Å². The van der Waals surface area contributed by atoms with Crippen LogP contribution < -0.4 is 4.74 Å². The minimum absolute atomic E-state index is 0.223. The molecule has 0 radical (unpaired) electrons. The van der Waals surface area contributed by atoms with Gasteiger partial charge in [0.1, 0.15) is 18.2 Å². The predicted octanol–water partition coefficient (Wildman–Crippen LogP) is 4.84. The second-order valence-corrected chi connectivity index (χ2v) is 5.08. The van der Waals surface area contributed by atoms with E-state index in [4.69, 9.17) is 4.74 Å². The Kier molecular flexibility index (Phi) is 4.20. The van der Waals surface area contributed by atoms with Gasteiger partial charge in [-0.05, 0) is 53.8 Å². The van der Waals surface area contributed by atoms with E-state index in [-0.39, 0.29) is 5.82 Å². The van der Waals surface area contributed by atoms with E-state index in [1.165, 1.54) is 17.7 Å². The van der Waals surface area contributed by atoms with E-state index in [0.717, 1.165) is 16.9 Å². The largest absolute Gasteiger partial charge is 0.489 e. The summed E-state index contributed by atoms with van der Waals surface area (Å²) < 4.78 is 18.9. The molecule has 0 saturated carbocycles. The molecule has 0 aromatic heterocycles. The van der Waals surface area contributed by atoms with Gasteiger partial charge in [-0.25, -0.2) is 4.39 Å². The quantitative estimate of drug-likeness (QED) is 0.762. The van der Waals surface area contributed by atoms with Crippen LogP contribution in [0.2, 0.25) is 0 Å². The highest BCUT2D eigenvalue weighted by molar-refractivity contribution is 5.30. The molecule has 2 aromatic rings. The molecule has 19 heavy (non-hydrogen) atoms. The molecule has 0 fully saturated rings. The Morgan fingerprint density at radius 2 is 1.74 bits per heavy atom. The first kappa shape index (κ1) is 13.6. The van der Waals surface area contributed by atoms with E-state index in [1.807, 2.05) is 19.1 Å². The van der Waals surface area contributed by atoms with Gasteiger partial charge in [-0.3, -0.25) is 0 Å². The van der Waals surface area contributed by atoms with Gasteiger partial charge in [-0.2, -0.15) is 0 Å². The van der Waals surface area contributed by atoms with E-state index >= 15 is 0 Å². The molecule has 0 aliphatic rings. The lowest BCUT2D eigenvalue weighted by Gasteiger charge is -2.10. The highest BCUT2D eigenvalue weighted by Crippen LogP contribution is 2.20. The Morgan fingerprint density at radius 1 is 1.05 bits per heavy atom. The van der Waals surface area contributed by atoms with Crippen LogP contribution in [0.4, 0.5) is 4.39 Å². The minimum atomic E-state index is -0.223. The van der Waals surface area contributed by atoms with Gasteiger partial charge in [0.25, 0.3) is 0 Å². The lowest BCUT2D eigenvalue weighted by molar-refractivity contribution is 0.304. The second kappa shape index (κ2) is 5.87. The zero-order valence-electron chi connectivity index (χ0n) is 11.6. The van der Waals surface area contributed by atoms with Crippen LogP contribution in [-0.2, 0) is 6.61 Å². The molecule has 1 nitrogen and oxygen atoms in total. The molecule has 0 saturated heterocycles. The Labute approximate surface area is 114 Å². The topological polar surface area (TPSA) is 9.23 Å². The molecule has 0 amide bonds. The number of benzene rings is 2. The molecule has 0 N–H and O–H groups in total.